The van der Waals surface area contributed by atoms with E-state index in [0.29, 0.717) is 18.7 Å². The third-order valence-corrected chi connectivity index (χ3v) is 5.83. The fraction of sp³-hybridized carbons (Fsp3) is 0.636. The van der Waals surface area contributed by atoms with E-state index in [1.807, 2.05) is 0 Å². The Kier molecular flexibility index (Phi) is 4.14. The number of carbonyl (C=O) groups excluding carboxylic acids is 1. The molecular weight excluding hydrogens is 302 g/mol. The third kappa shape index (κ3) is 3.54. The van der Waals surface area contributed by atoms with E-state index in [0.717, 1.165) is 24.2 Å². The first-order valence-corrected chi connectivity index (χ1v) is 8.41. The molecule has 0 bridgehead atoms. The predicted octanol–water partition coefficient (Wildman–Crippen LogP) is 0.854. The Labute approximate surface area is 121 Å². The van der Waals surface area contributed by atoms with Gasteiger partial charge in [-0.05, 0) is 19.8 Å². The third-order valence-electron chi connectivity index (χ3n) is 3.20. The number of amides is 1. The molecule has 1 aliphatic rings. The second-order valence-electron chi connectivity index (χ2n) is 5.09. The summed E-state index contributed by atoms with van der Waals surface area (Å²) in [6.07, 6.45) is 2.28. The lowest BCUT2D eigenvalue weighted by Crippen LogP contribution is -2.20. The van der Waals surface area contributed by atoms with Gasteiger partial charge in [-0.3, -0.25) is 4.79 Å². The van der Waals surface area contributed by atoms with Gasteiger partial charge in [0.1, 0.15) is 0 Å². The van der Waals surface area contributed by atoms with Crippen molar-refractivity contribution in [3.63, 3.8) is 0 Å². The molecule has 0 unspecified atom stereocenters. The molecule has 3 N–H and O–H groups in total. The highest BCUT2D eigenvalue weighted by Gasteiger charge is 2.44. The van der Waals surface area contributed by atoms with Gasteiger partial charge in [-0.2, -0.15) is 0 Å². The van der Waals surface area contributed by atoms with Gasteiger partial charge in [-0.1, -0.05) is 11.3 Å². The van der Waals surface area contributed by atoms with Crippen LogP contribution in [0.1, 0.15) is 25.0 Å². The standard InChI is InChI=1S/C11H17N3O4S2/c1-7-9(20(12,16)17)19-10(13-7)14-8(15)5-11(3-4-11)6-18-2/h3-6H2,1-2H3,(H2,12,16,17)(H,13,14,15). The van der Waals surface area contributed by atoms with Crippen molar-refractivity contribution in [2.75, 3.05) is 19.0 Å². The van der Waals surface area contributed by atoms with Crippen LogP contribution in [0.25, 0.3) is 0 Å². The van der Waals surface area contributed by atoms with Crippen LogP contribution in [0.4, 0.5) is 5.13 Å². The molecule has 20 heavy (non-hydrogen) atoms. The molecule has 0 spiro atoms. The van der Waals surface area contributed by atoms with E-state index in [2.05, 4.69) is 10.3 Å². The highest BCUT2D eigenvalue weighted by molar-refractivity contribution is 7.91. The Morgan fingerprint density at radius 1 is 1.55 bits per heavy atom. The van der Waals surface area contributed by atoms with E-state index < -0.39 is 10.0 Å². The van der Waals surface area contributed by atoms with Crippen LogP contribution in [0, 0.1) is 12.3 Å². The fourth-order valence-corrected chi connectivity index (χ4v) is 3.93. The first-order chi connectivity index (χ1) is 9.26. The second kappa shape index (κ2) is 5.40. The quantitative estimate of drug-likeness (QED) is 0.807. The lowest BCUT2D eigenvalue weighted by Gasteiger charge is -2.12. The lowest BCUT2D eigenvalue weighted by molar-refractivity contribution is -0.117. The number of anilines is 1. The van der Waals surface area contributed by atoms with Crippen molar-refractivity contribution in [2.24, 2.45) is 10.6 Å². The van der Waals surface area contributed by atoms with Gasteiger partial charge in [0.15, 0.2) is 9.34 Å². The maximum Gasteiger partial charge on any atom is 0.249 e. The number of nitrogens with one attached hydrogen (secondary N) is 1. The second-order valence-corrected chi connectivity index (χ2v) is 7.85. The molecule has 2 rings (SSSR count). The zero-order chi connectivity index (χ0) is 15.0. The lowest BCUT2D eigenvalue weighted by atomic mass is 10.0. The Hall–Kier alpha value is -1.03. The molecule has 112 valence electrons. The number of aromatic nitrogens is 1. The minimum absolute atomic E-state index is 0.0224. The minimum Gasteiger partial charge on any atom is -0.384 e. The van der Waals surface area contributed by atoms with Crippen LogP contribution in [0.2, 0.25) is 0 Å². The Morgan fingerprint density at radius 3 is 2.65 bits per heavy atom. The summed E-state index contributed by atoms with van der Waals surface area (Å²) in [4.78, 5) is 15.9. The van der Waals surface area contributed by atoms with Gasteiger partial charge in [0, 0.05) is 18.9 Å². The number of rotatable bonds is 6. The number of sulfonamides is 1. The summed E-state index contributed by atoms with van der Waals surface area (Å²) in [5.74, 6) is -0.186. The number of ether oxygens (including phenoxy) is 1. The predicted molar refractivity (Wildman–Crippen MR) is 75.0 cm³/mol. The smallest absolute Gasteiger partial charge is 0.249 e. The summed E-state index contributed by atoms with van der Waals surface area (Å²) < 4.78 is 27.7. The number of carbonyl (C=O) groups is 1. The molecule has 9 heteroatoms. The number of aryl methyl sites for hydroxylation is 1. The van der Waals surface area contributed by atoms with Gasteiger partial charge in [-0.15, -0.1) is 0 Å². The molecule has 1 amide bonds. The van der Waals surface area contributed by atoms with E-state index in [1.54, 1.807) is 14.0 Å². The van der Waals surface area contributed by atoms with Crippen LogP contribution < -0.4 is 10.5 Å². The number of hydrogen-bond donors (Lipinski definition) is 2. The Bertz CT molecular complexity index is 620. The summed E-state index contributed by atoms with van der Waals surface area (Å²) >= 11 is 0.867. The van der Waals surface area contributed by atoms with Crippen molar-refractivity contribution in [2.45, 2.75) is 30.4 Å². The zero-order valence-corrected chi connectivity index (χ0v) is 12.9. The van der Waals surface area contributed by atoms with Crippen molar-refractivity contribution in [3.05, 3.63) is 5.69 Å². The number of primary sulfonamides is 1. The monoisotopic (exact) mass is 319 g/mol. The van der Waals surface area contributed by atoms with Gasteiger partial charge in [0.25, 0.3) is 0 Å². The summed E-state index contributed by atoms with van der Waals surface area (Å²) in [5, 5.41) is 7.94. The molecule has 1 fully saturated rings. The molecule has 1 aliphatic carbocycles. The summed E-state index contributed by atoms with van der Waals surface area (Å²) in [7, 11) is -2.18. The fourth-order valence-electron chi connectivity index (χ4n) is 2.06. The topological polar surface area (TPSA) is 111 Å². The minimum atomic E-state index is -3.80. The largest absolute Gasteiger partial charge is 0.384 e. The van der Waals surface area contributed by atoms with E-state index in [1.165, 1.54) is 0 Å². The molecule has 0 radical (unpaired) electrons. The Morgan fingerprint density at radius 2 is 2.20 bits per heavy atom. The van der Waals surface area contributed by atoms with E-state index in [-0.39, 0.29) is 20.7 Å². The zero-order valence-electron chi connectivity index (χ0n) is 11.3. The van der Waals surface area contributed by atoms with Crippen LogP contribution in [0.3, 0.4) is 0 Å². The SMILES string of the molecule is COCC1(CC(=O)Nc2nc(C)c(S(N)(=O)=O)s2)CC1. The van der Waals surface area contributed by atoms with Crippen LogP contribution in [-0.2, 0) is 19.6 Å². The van der Waals surface area contributed by atoms with Crippen molar-refractivity contribution in [1.29, 1.82) is 0 Å². The molecule has 0 saturated heterocycles. The number of methoxy groups -OCH3 is 1. The summed E-state index contributed by atoms with van der Waals surface area (Å²) in [6.45, 7) is 2.10. The molecule has 0 aromatic carbocycles. The van der Waals surface area contributed by atoms with Crippen LogP contribution in [0.15, 0.2) is 4.21 Å². The van der Waals surface area contributed by atoms with Crippen molar-refractivity contribution in [3.8, 4) is 0 Å². The van der Waals surface area contributed by atoms with Crippen LogP contribution in [-0.4, -0.2) is 33.0 Å². The summed E-state index contributed by atoms with van der Waals surface area (Å²) in [6, 6.07) is 0. The van der Waals surface area contributed by atoms with Gasteiger partial charge in [0.05, 0.1) is 12.3 Å². The molecular formula is C11H17N3O4S2. The maximum atomic E-state index is 11.9. The average Bonchev–Trinajstić information content (AvgIpc) is 2.92. The van der Waals surface area contributed by atoms with Crippen molar-refractivity contribution in [1.82, 2.24) is 4.98 Å². The highest BCUT2D eigenvalue weighted by atomic mass is 32.2. The highest BCUT2D eigenvalue weighted by Crippen LogP contribution is 2.49. The summed E-state index contributed by atoms with van der Waals surface area (Å²) in [5.41, 5.74) is 0.235. The van der Waals surface area contributed by atoms with Gasteiger partial charge >= 0.3 is 0 Å². The first kappa shape index (κ1) is 15.4. The van der Waals surface area contributed by atoms with Crippen molar-refractivity contribution < 1.29 is 17.9 Å². The normalized spacial score (nSPS) is 16.9. The van der Waals surface area contributed by atoms with Crippen LogP contribution >= 0.6 is 11.3 Å². The number of hydrogen-bond acceptors (Lipinski definition) is 6. The van der Waals surface area contributed by atoms with Gasteiger partial charge < -0.3 is 10.1 Å². The molecule has 1 aromatic rings. The molecule has 0 aliphatic heterocycles. The number of nitrogens with zero attached hydrogens (tertiary/aromatic N) is 1. The molecule has 1 heterocycles. The number of thiazole rings is 1. The molecule has 7 nitrogen and oxygen atoms in total. The first-order valence-electron chi connectivity index (χ1n) is 6.05. The van der Waals surface area contributed by atoms with Gasteiger partial charge in [-0.25, -0.2) is 18.5 Å². The van der Waals surface area contributed by atoms with E-state index >= 15 is 0 Å². The molecule has 0 atom stereocenters. The molecule has 1 saturated carbocycles. The Balaban J connectivity index is 2.02. The van der Waals surface area contributed by atoms with Crippen LogP contribution in [0.5, 0.6) is 0 Å². The number of nitrogens with two attached hydrogens (primary N) is 1. The van der Waals surface area contributed by atoms with Gasteiger partial charge in [0.2, 0.25) is 15.9 Å². The average molecular weight is 319 g/mol. The van der Waals surface area contributed by atoms with E-state index in [4.69, 9.17) is 9.88 Å². The van der Waals surface area contributed by atoms with E-state index in [9.17, 15) is 13.2 Å². The van der Waals surface area contributed by atoms with Crippen molar-refractivity contribution >= 4 is 32.4 Å². The maximum absolute atomic E-state index is 11.9. The molecule has 1 aromatic heterocycles.